The average Bonchev–Trinajstić information content (AvgIpc) is 2.27. The number of hydrogen-bond donors (Lipinski definition) is 1. The zero-order chi connectivity index (χ0) is 12.1. The van der Waals surface area contributed by atoms with Crippen molar-refractivity contribution in [2.45, 2.75) is 45.3 Å². The lowest BCUT2D eigenvalue weighted by Gasteiger charge is -2.33. The second-order valence-electron chi connectivity index (χ2n) is 5.00. The SMILES string of the molecule is COC1CCN(C(=O)[C@@H](N)CC(C)C)CC1. The van der Waals surface area contributed by atoms with E-state index in [2.05, 4.69) is 13.8 Å². The quantitative estimate of drug-likeness (QED) is 0.781. The Kier molecular flexibility index (Phi) is 5.22. The molecule has 1 saturated heterocycles. The highest BCUT2D eigenvalue weighted by molar-refractivity contribution is 5.81. The lowest BCUT2D eigenvalue weighted by Crippen LogP contribution is -2.48. The van der Waals surface area contributed by atoms with E-state index in [1.807, 2.05) is 4.90 Å². The highest BCUT2D eigenvalue weighted by atomic mass is 16.5. The summed E-state index contributed by atoms with van der Waals surface area (Å²) >= 11 is 0. The third kappa shape index (κ3) is 3.76. The summed E-state index contributed by atoms with van der Waals surface area (Å²) in [6.07, 6.45) is 2.93. The Hall–Kier alpha value is -0.610. The predicted molar refractivity (Wildman–Crippen MR) is 64.0 cm³/mol. The van der Waals surface area contributed by atoms with Gasteiger partial charge in [0.25, 0.3) is 0 Å². The average molecular weight is 228 g/mol. The van der Waals surface area contributed by atoms with Crippen LogP contribution in [0.25, 0.3) is 0 Å². The summed E-state index contributed by atoms with van der Waals surface area (Å²) in [5.41, 5.74) is 5.89. The maximum absolute atomic E-state index is 12.0. The number of methoxy groups -OCH3 is 1. The van der Waals surface area contributed by atoms with Crippen molar-refractivity contribution in [3.05, 3.63) is 0 Å². The zero-order valence-electron chi connectivity index (χ0n) is 10.6. The first-order chi connectivity index (χ1) is 7.54. The van der Waals surface area contributed by atoms with Gasteiger partial charge in [0.1, 0.15) is 0 Å². The summed E-state index contributed by atoms with van der Waals surface area (Å²) in [5.74, 6) is 0.568. The predicted octanol–water partition coefficient (Wildman–Crippen LogP) is 0.997. The van der Waals surface area contributed by atoms with Crippen LogP contribution in [0.4, 0.5) is 0 Å². The molecule has 16 heavy (non-hydrogen) atoms. The van der Waals surface area contributed by atoms with Gasteiger partial charge < -0.3 is 15.4 Å². The van der Waals surface area contributed by atoms with Gasteiger partial charge in [-0.2, -0.15) is 0 Å². The lowest BCUT2D eigenvalue weighted by atomic mass is 10.0. The molecule has 4 nitrogen and oxygen atoms in total. The van der Waals surface area contributed by atoms with Crippen LogP contribution in [-0.4, -0.2) is 43.2 Å². The molecule has 0 saturated carbocycles. The molecule has 1 heterocycles. The van der Waals surface area contributed by atoms with Crippen molar-refractivity contribution in [1.82, 2.24) is 4.90 Å². The standard InChI is InChI=1S/C12H24N2O2/c1-9(2)8-11(13)12(15)14-6-4-10(16-3)5-7-14/h9-11H,4-8,13H2,1-3H3/t11-/m0/s1. The minimum atomic E-state index is -0.334. The van der Waals surface area contributed by atoms with E-state index < -0.39 is 0 Å². The van der Waals surface area contributed by atoms with Crippen LogP contribution in [0, 0.1) is 5.92 Å². The molecule has 0 spiro atoms. The molecule has 1 atom stereocenters. The van der Waals surface area contributed by atoms with Crippen molar-refractivity contribution in [1.29, 1.82) is 0 Å². The fourth-order valence-electron chi connectivity index (χ4n) is 2.16. The summed E-state index contributed by atoms with van der Waals surface area (Å²) in [6.45, 7) is 5.74. The molecule has 1 fully saturated rings. The van der Waals surface area contributed by atoms with E-state index in [0.717, 1.165) is 32.4 Å². The van der Waals surface area contributed by atoms with E-state index in [4.69, 9.17) is 10.5 Å². The van der Waals surface area contributed by atoms with E-state index in [9.17, 15) is 4.79 Å². The fraction of sp³-hybridized carbons (Fsp3) is 0.917. The van der Waals surface area contributed by atoms with E-state index >= 15 is 0 Å². The number of ether oxygens (including phenoxy) is 1. The fourth-order valence-corrected chi connectivity index (χ4v) is 2.16. The maximum Gasteiger partial charge on any atom is 0.239 e. The first kappa shape index (κ1) is 13.5. The largest absolute Gasteiger partial charge is 0.381 e. The van der Waals surface area contributed by atoms with Gasteiger partial charge in [-0.25, -0.2) is 0 Å². The summed E-state index contributed by atoms with van der Waals surface area (Å²) in [6, 6.07) is -0.334. The minimum Gasteiger partial charge on any atom is -0.381 e. The van der Waals surface area contributed by atoms with E-state index in [-0.39, 0.29) is 11.9 Å². The van der Waals surface area contributed by atoms with E-state index in [0.29, 0.717) is 12.0 Å². The van der Waals surface area contributed by atoms with Crippen molar-refractivity contribution >= 4 is 5.91 Å². The molecule has 4 heteroatoms. The second kappa shape index (κ2) is 6.21. The highest BCUT2D eigenvalue weighted by Gasteiger charge is 2.26. The Morgan fingerprint density at radius 2 is 2.00 bits per heavy atom. The van der Waals surface area contributed by atoms with Crippen LogP contribution >= 0.6 is 0 Å². The molecule has 0 bridgehead atoms. The molecule has 0 aromatic heterocycles. The van der Waals surface area contributed by atoms with Gasteiger partial charge in [0.2, 0.25) is 5.91 Å². The van der Waals surface area contributed by atoms with Crippen LogP contribution in [-0.2, 0) is 9.53 Å². The number of likely N-dealkylation sites (tertiary alicyclic amines) is 1. The molecule has 1 amide bonds. The van der Waals surface area contributed by atoms with Crippen molar-refractivity contribution in [2.75, 3.05) is 20.2 Å². The molecular weight excluding hydrogens is 204 g/mol. The van der Waals surface area contributed by atoms with Gasteiger partial charge in [0.05, 0.1) is 12.1 Å². The molecule has 1 aliphatic heterocycles. The topological polar surface area (TPSA) is 55.6 Å². The number of piperidine rings is 1. The normalized spacial score (nSPS) is 20.2. The Labute approximate surface area is 98.1 Å². The number of hydrogen-bond acceptors (Lipinski definition) is 3. The number of nitrogens with zero attached hydrogens (tertiary/aromatic N) is 1. The number of rotatable bonds is 4. The van der Waals surface area contributed by atoms with E-state index in [1.54, 1.807) is 7.11 Å². The van der Waals surface area contributed by atoms with Crippen molar-refractivity contribution in [3.8, 4) is 0 Å². The third-order valence-electron chi connectivity index (χ3n) is 3.13. The summed E-state index contributed by atoms with van der Waals surface area (Å²) in [7, 11) is 1.73. The summed E-state index contributed by atoms with van der Waals surface area (Å²) in [4.78, 5) is 13.9. The molecule has 0 aliphatic carbocycles. The van der Waals surface area contributed by atoms with Gasteiger partial charge >= 0.3 is 0 Å². The Balaban J connectivity index is 2.38. The first-order valence-electron chi connectivity index (χ1n) is 6.11. The summed E-state index contributed by atoms with van der Waals surface area (Å²) < 4.78 is 5.28. The van der Waals surface area contributed by atoms with Crippen molar-refractivity contribution < 1.29 is 9.53 Å². The third-order valence-corrected chi connectivity index (χ3v) is 3.13. The van der Waals surface area contributed by atoms with Gasteiger partial charge in [0.15, 0.2) is 0 Å². The van der Waals surface area contributed by atoms with Gasteiger partial charge in [0, 0.05) is 20.2 Å². The molecule has 0 aromatic carbocycles. The van der Waals surface area contributed by atoms with E-state index in [1.165, 1.54) is 0 Å². The zero-order valence-corrected chi connectivity index (χ0v) is 10.6. The van der Waals surface area contributed by atoms with Crippen molar-refractivity contribution in [2.24, 2.45) is 11.7 Å². The van der Waals surface area contributed by atoms with Gasteiger partial charge in [-0.3, -0.25) is 4.79 Å². The lowest BCUT2D eigenvalue weighted by molar-refractivity contribution is -0.135. The molecule has 1 aliphatic rings. The smallest absolute Gasteiger partial charge is 0.239 e. The Morgan fingerprint density at radius 3 is 2.44 bits per heavy atom. The van der Waals surface area contributed by atoms with Gasteiger partial charge in [-0.1, -0.05) is 13.8 Å². The monoisotopic (exact) mass is 228 g/mol. The number of carbonyl (C=O) groups excluding carboxylic acids is 1. The van der Waals surface area contributed by atoms with Crippen LogP contribution in [0.2, 0.25) is 0 Å². The Bertz CT molecular complexity index is 223. The van der Waals surface area contributed by atoms with Crippen LogP contribution in [0.5, 0.6) is 0 Å². The Morgan fingerprint density at radius 1 is 1.44 bits per heavy atom. The molecule has 94 valence electrons. The molecule has 0 aromatic rings. The van der Waals surface area contributed by atoms with Gasteiger partial charge in [-0.15, -0.1) is 0 Å². The number of carbonyl (C=O) groups is 1. The first-order valence-corrected chi connectivity index (χ1v) is 6.11. The minimum absolute atomic E-state index is 0.100. The number of amides is 1. The molecule has 1 rings (SSSR count). The molecular formula is C12H24N2O2. The number of nitrogens with two attached hydrogens (primary N) is 1. The highest BCUT2D eigenvalue weighted by Crippen LogP contribution is 2.15. The molecule has 0 unspecified atom stereocenters. The maximum atomic E-state index is 12.0. The van der Waals surface area contributed by atoms with Crippen LogP contribution in [0.3, 0.4) is 0 Å². The van der Waals surface area contributed by atoms with Crippen LogP contribution < -0.4 is 5.73 Å². The summed E-state index contributed by atoms with van der Waals surface area (Å²) in [5, 5.41) is 0. The molecule has 2 N–H and O–H groups in total. The second-order valence-corrected chi connectivity index (χ2v) is 5.00. The van der Waals surface area contributed by atoms with Gasteiger partial charge in [-0.05, 0) is 25.2 Å². The van der Waals surface area contributed by atoms with Crippen molar-refractivity contribution in [3.63, 3.8) is 0 Å². The van der Waals surface area contributed by atoms with Crippen LogP contribution in [0.15, 0.2) is 0 Å². The van der Waals surface area contributed by atoms with Crippen LogP contribution in [0.1, 0.15) is 33.1 Å². The molecule has 0 radical (unpaired) electrons.